The highest BCUT2D eigenvalue weighted by molar-refractivity contribution is 5.68. The van der Waals surface area contributed by atoms with Gasteiger partial charge >= 0.3 is 0 Å². The van der Waals surface area contributed by atoms with E-state index in [2.05, 4.69) is 0 Å². The molecule has 2 rings (SSSR count). The van der Waals surface area contributed by atoms with E-state index in [0.717, 1.165) is 32.1 Å². The van der Waals surface area contributed by atoms with E-state index < -0.39 is 5.97 Å². The van der Waals surface area contributed by atoms with Gasteiger partial charge in [-0.3, -0.25) is 0 Å². The molecule has 2 aliphatic rings. The van der Waals surface area contributed by atoms with E-state index in [9.17, 15) is 9.90 Å². The minimum Gasteiger partial charge on any atom is -0.550 e. The van der Waals surface area contributed by atoms with Crippen molar-refractivity contribution in [3.8, 4) is 0 Å². The van der Waals surface area contributed by atoms with E-state index in [1.807, 2.05) is 0 Å². The molecule has 134 valence electrons. The number of carboxylic acids is 1. The average molecular weight is 322 g/mol. The summed E-state index contributed by atoms with van der Waals surface area (Å²) in [7, 11) is 0. The first-order valence-electron chi connectivity index (χ1n) is 10.5. The summed E-state index contributed by atoms with van der Waals surface area (Å²) in [6.45, 7) is 0. The van der Waals surface area contributed by atoms with Gasteiger partial charge in [0.25, 0.3) is 0 Å². The van der Waals surface area contributed by atoms with Crippen molar-refractivity contribution in [2.45, 2.75) is 116 Å². The van der Waals surface area contributed by atoms with E-state index in [1.165, 1.54) is 83.5 Å². The van der Waals surface area contributed by atoms with Crippen molar-refractivity contribution >= 4 is 5.97 Å². The third-order valence-corrected chi connectivity index (χ3v) is 6.54. The van der Waals surface area contributed by atoms with Gasteiger partial charge in [-0.2, -0.15) is 0 Å². The summed E-state index contributed by atoms with van der Waals surface area (Å²) < 4.78 is 0. The maximum atomic E-state index is 11.9. The van der Waals surface area contributed by atoms with E-state index in [-0.39, 0.29) is 11.3 Å². The van der Waals surface area contributed by atoms with Gasteiger partial charge in [0.1, 0.15) is 0 Å². The molecule has 0 heterocycles. The smallest absolute Gasteiger partial charge is 0.0450 e. The summed E-state index contributed by atoms with van der Waals surface area (Å²) in [5, 5.41) is 11.9. The number of rotatable bonds is 1. The van der Waals surface area contributed by atoms with Gasteiger partial charge < -0.3 is 9.90 Å². The Labute approximate surface area is 143 Å². The van der Waals surface area contributed by atoms with Crippen LogP contribution in [-0.2, 0) is 4.79 Å². The molecule has 2 nitrogen and oxygen atoms in total. The van der Waals surface area contributed by atoms with Crippen LogP contribution in [0.5, 0.6) is 0 Å². The Bertz CT molecular complexity index is 331. The molecular weight excluding hydrogens is 284 g/mol. The molecule has 1 unspecified atom stereocenters. The second-order valence-electron chi connectivity index (χ2n) is 8.22. The number of carbonyl (C=O) groups is 1. The maximum absolute atomic E-state index is 11.9. The highest BCUT2D eigenvalue weighted by atomic mass is 16.4. The number of aliphatic carboxylic acids is 1. The van der Waals surface area contributed by atoms with E-state index >= 15 is 0 Å². The predicted molar refractivity (Wildman–Crippen MR) is 94.0 cm³/mol. The molecule has 2 heteroatoms. The second-order valence-corrected chi connectivity index (χ2v) is 8.22. The van der Waals surface area contributed by atoms with Gasteiger partial charge in [0, 0.05) is 11.9 Å². The molecule has 0 bridgehead atoms. The molecule has 0 amide bonds. The molecule has 0 N–H and O–H groups in total. The van der Waals surface area contributed by atoms with Crippen LogP contribution in [0.25, 0.3) is 0 Å². The van der Waals surface area contributed by atoms with Crippen molar-refractivity contribution in [3.05, 3.63) is 0 Å². The summed E-state index contributed by atoms with van der Waals surface area (Å²) in [6.07, 6.45) is 22.3. The molecule has 2 fully saturated rings. The lowest BCUT2D eigenvalue weighted by Gasteiger charge is -2.45. The molecule has 23 heavy (non-hydrogen) atoms. The minimum absolute atomic E-state index is 0.0667. The van der Waals surface area contributed by atoms with Crippen LogP contribution in [0.1, 0.15) is 116 Å². The largest absolute Gasteiger partial charge is 0.550 e. The molecule has 0 aromatic rings. The van der Waals surface area contributed by atoms with Gasteiger partial charge in [-0.1, -0.05) is 89.9 Å². The van der Waals surface area contributed by atoms with Crippen LogP contribution in [0.4, 0.5) is 0 Å². The standard InChI is InChI=1S/C21H38O2/c22-20(23)19-15-11-8-6-4-2-1-3-5-7-9-12-16-21(19)17-13-10-14-18-21/h19H,1-18H2,(H,22,23)/p-1. The summed E-state index contributed by atoms with van der Waals surface area (Å²) >= 11 is 0. The zero-order valence-corrected chi connectivity index (χ0v) is 15.1. The van der Waals surface area contributed by atoms with E-state index in [0.29, 0.717) is 0 Å². The van der Waals surface area contributed by atoms with Crippen molar-refractivity contribution < 1.29 is 9.90 Å². The number of carbonyl (C=O) groups excluding carboxylic acids is 1. The number of hydrogen-bond donors (Lipinski definition) is 0. The van der Waals surface area contributed by atoms with Crippen molar-refractivity contribution in [2.24, 2.45) is 11.3 Å². The van der Waals surface area contributed by atoms with Gasteiger partial charge in [-0.15, -0.1) is 0 Å². The van der Waals surface area contributed by atoms with Crippen molar-refractivity contribution in [1.82, 2.24) is 0 Å². The first kappa shape index (κ1) is 18.8. The van der Waals surface area contributed by atoms with Gasteiger partial charge in [-0.25, -0.2) is 0 Å². The predicted octanol–water partition coefficient (Wildman–Crippen LogP) is 5.39. The Morgan fingerprint density at radius 1 is 0.609 bits per heavy atom. The summed E-state index contributed by atoms with van der Waals surface area (Å²) in [6, 6.07) is 0. The molecule has 0 aliphatic heterocycles. The molecule has 0 saturated heterocycles. The van der Waals surface area contributed by atoms with Crippen LogP contribution in [0, 0.1) is 11.3 Å². The van der Waals surface area contributed by atoms with Gasteiger partial charge in [-0.05, 0) is 31.1 Å². The SMILES string of the molecule is O=C([O-])C1CCCCCCCCCCCCCC12CCCCC2. The molecule has 1 atom stereocenters. The Morgan fingerprint density at radius 3 is 1.39 bits per heavy atom. The van der Waals surface area contributed by atoms with Crippen molar-refractivity contribution in [3.63, 3.8) is 0 Å². The third kappa shape index (κ3) is 6.12. The molecule has 1 spiro atoms. The lowest BCUT2D eigenvalue weighted by atomic mass is 9.62. The van der Waals surface area contributed by atoms with Crippen molar-refractivity contribution in [2.75, 3.05) is 0 Å². The number of carboxylic acid groups (broad SMARTS) is 1. The zero-order valence-electron chi connectivity index (χ0n) is 15.1. The van der Waals surface area contributed by atoms with Crippen LogP contribution >= 0.6 is 0 Å². The molecular formula is C21H37O2-. The van der Waals surface area contributed by atoms with Crippen LogP contribution in [0.15, 0.2) is 0 Å². The highest BCUT2D eigenvalue weighted by Crippen LogP contribution is 2.48. The molecule has 0 radical (unpaired) electrons. The van der Waals surface area contributed by atoms with Crippen LogP contribution in [0.3, 0.4) is 0 Å². The Hall–Kier alpha value is -0.530. The topological polar surface area (TPSA) is 40.1 Å². The summed E-state index contributed by atoms with van der Waals surface area (Å²) in [5.74, 6) is -0.941. The van der Waals surface area contributed by atoms with Crippen LogP contribution < -0.4 is 5.11 Å². The second kappa shape index (κ2) is 10.4. The van der Waals surface area contributed by atoms with E-state index in [4.69, 9.17) is 0 Å². The van der Waals surface area contributed by atoms with Crippen molar-refractivity contribution in [1.29, 1.82) is 0 Å². The summed E-state index contributed by atoms with van der Waals surface area (Å²) in [4.78, 5) is 11.9. The van der Waals surface area contributed by atoms with Gasteiger partial charge in [0.05, 0.1) is 0 Å². The average Bonchev–Trinajstić information content (AvgIpc) is 2.55. The lowest BCUT2D eigenvalue weighted by Crippen LogP contribution is -2.44. The monoisotopic (exact) mass is 321 g/mol. The zero-order chi connectivity index (χ0) is 16.4. The maximum Gasteiger partial charge on any atom is 0.0450 e. The van der Waals surface area contributed by atoms with Crippen LogP contribution in [0.2, 0.25) is 0 Å². The van der Waals surface area contributed by atoms with Gasteiger partial charge in [0.15, 0.2) is 0 Å². The van der Waals surface area contributed by atoms with Crippen LogP contribution in [-0.4, -0.2) is 5.97 Å². The summed E-state index contributed by atoms with van der Waals surface area (Å²) in [5.41, 5.74) is 0.0667. The first-order chi connectivity index (χ1) is 11.2. The van der Waals surface area contributed by atoms with Gasteiger partial charge in [0.2, 0.25) is 0 Å². The Morgan fingerprint density at radius 2 is 0.957 bits per heavy atom. The fourth-order valence-corrected chi connectivity index (χ4v) is 5.12. The molecule has 2 aliphatic carbocycles. The number of hydrogen-bond acceptors (Lipinski definition) is 2. The lowest BCUT2D eigenvalue weighted by molar-refractivity contribution is -0.316. The first-order valence-corrected chi connectivity index (χ1v) is 10.5. The fourth-order valence-electron chi connectivity index (χ4n) is 5.12. The molecule has 0 aromatic heterocycles. The fraction of sp³-hybridized carbons (Fsp3) is 0.952. The quantitative estimate of drug-likeness (QED) is 0.649. The third-order valence-electron chi connectivity index (χ3n) is 6.54. The van der Waals surface area contributed by atoms with E-state index in [1.54, 1.807) is 0 Å². The Balaban J connectivity index is 2.00. The molecule has 2 saturated carbocycles. The highest BCUT2D eigenvalue weighted by Gasteiger charge is 2.39. The minimum atomic E-state index is -0.754. The Kier molecular flexibility index (Phi) is 8.47. The normalized spacial score (nSPS) is 28.6. The molecule has 0 aromatic carbocycles.